The number of thioether (sulfide) groups is 1. The molecule has 1 aromatic carbocycles. The summed E-state index contributed by atoms with van der Waals surface area (Å²) in [6.07, 6.45) is 5.31. The Morgan fingerprint density at radius 3 is 2.86 bits per heavy atom. The monoisotopic (exact) mass is 322 g/mol. The zero-order chi connectivity index (χ0) is 15.8. The molecule has 0 saturated carbocycles. The topological polar surface area (TPSA) is 55.6 Å². The molecule has 1 saturated heterocycles. The van der Waals surface area contributed by atoms with Crippen molar-refractivity contribution in [2.24, 2.45) is 11.7 Å². The van der Waals surface area contributed by atoms with Crippen LogP contribution in [0.1, 0.15) is 29.6 Å². The van der Waals surface area contributed by atoms with Crippen LogP contribution in [0.4, 0.5) is 0 Å². The molecule has 0 radical (unpaired) electrons. The molecule has 122 valence electrons. The Bertz CT molecular complexity index is 462. The Morgan fingerprint density at radius 1 is 1.41 bits per heavy atom. The van der Waals surface area contributed by atoms with Crippen LogP contribution >= 0.6 is 11.8 Å². The number of ether oxygens (including phenoxy) is 1. The van der Waals surface area contributed by atoms with Crippen molar-refractivity contribution < 1.29 is 9.53 Å². The van der Waals surface area contributed by atoms with Gasteiger partial charge in [0.15, 0.2) is 0 Å². The number of amides is 1. The summed E-state index contributed by atoms with van der Waals surface area (Å²) >= 11 is 1.87. The molecule has 5 heteroatoms. The van der Waals surface area contributed by atoms with Gasteiger partial charge in [0.1, 0.15) is 5.75 Å². The van der Waals surface area contributed by atoms with Crippen molar-refractivity contribution in [1.82, 2.24) is 4.90 Å². The van der Waals surface area contributed by atoms with E-state index in [1.165, 1.54) is 6.42 Å². The molecular weight excluding hydrogens is 296 g/mol. The summed E-state index contributed by atoms with van der Waals surface area (Å²) < 4.78 is 5.57. The molecule has 1 heterocycles. The molecule has 0 aliphatic carbocycles. The van der Waals surface area contributed by atoms with Crippen LogP contribution in [0.25, 0.3) is 0 Å². The predicted molar refractivity (Wildman–Crippen MR) is 92.6 cm³/mol. The van der Waals surface area contributed by atoms with E-state index in [4.69, 9.17) is 10.5 Å². The van der Waals surface area contributed by atoms with Crippen LogP contribution < -0.4 is 10.5 Å². The second-order valence-corrected chi connectivity index (χ2v) is 6.64. The Labute approximate surface area is 137 Å². The number of piperidine rings is 1. The molecule has 1 aliphatic heterocycles. The highest BCUT2D eigenvalue weighted by Crippen LogP contribution is 2.22. The molecule has 0 aromatic heterocycles. The Hall–Kier alpha value is -1.20. The fraction of sp³-hybridized carbons (Fsp3) is 0.588. The van der Waals surface area contributed by atoms with E-state index >= 15 is 0 Å². The van der Waals surface area contributed by atoms with Crippen LogP contribution in [-0.4, -0.2) is 49.1 Å². The fourth-order valence-electron chi connectivity index (χ4n) is 2.77. The maximum Gasteiger partial charge on any atom is 0.253 e. The van der Waals surface area contributed by atoms with Gasteiger partial charge in [-0.15, -0.1) is 0 Å². The van der Waals surface area contributed by atoms with Crippen LogP contribution in [0.2, 0.25) is 0 Å². The molecule has 0 spiro atoms. The van der Waals surface area contributed by atoms with Crippen molar-refractivity contribution in [3.63, 3.8) is 0 Å². The Kier molecular flexibility index (Phi) is 7.06. The van der Waals surface area contributed by atoms with Crippen molar-refractivity contribution >= 4 is 17.7 Å². The van der Waals surface area contributed by atoms with Crippen molar-refractivity contribution in [1.29, 1.82) is 0 Å². The van der Waals surface area contributed by atoms with E-state index in [1.807, 2.05) is 40.9 Å². The first-order valence-electron chi connectivity index (χ1n) is 7.95. The van der Waals surface area contributed by atoms with Gasteiger partial charge in [-0.1, -0.05) is 0 Å². The SMILES string of the molecule is CSC[C@H]1CCCN(C(=O)c2ccc(OCCCN)cc2)C1. The smallest absolute Gasteiger partial charge is 0.253 e. The largest absolute Gasteiger partial charge is 0.494 e. The van der Waals surface area contributed by atoms with Gasteiger partial charge in [0.05, 0.1) is 6.61 Å². The molecule has 22 heavy (non-hydrogen) atoms. The molecule has 2 rings (SSSR count). The molecule has 1 fully saturated rings. The lowest BCUT2D eigenvalue weighted by Crippen LogP contribution is -2.40. The second kappa shape index (κ2) is 9.06. The highest BCUT2D eigenvalue weighted by molar-refractivity contribution is 7.98. The number of hydrogen-bond donors (Lipinski definition) is 1. The lowest BCUT2D eigenvalue weighted by molar-refractivity contribution is 0.0685. The standard InChI is InChI=1S/C17H26N2O2S/c1-22-13-14-4-2-10-19(12-14)17(20)15-5-7-16(8-6-15)21-11-3-9-18/h5-8,14H,2-4,9-13,18H2,1H3/t14-/m0/s1. The third-order valence-electron chi connectivity index (χ3n) is 3.93. The summed E-state index contributed by atoms with van der Waals surface area (Å²) in [5.74, 6) is 2.70. The first kappa shape index (κ1) is 17.2. The minimum absolute atomic E-state index is 0.138. The van der Waals surface area contributed by atoms with Gasteiger partial charge in [-0.05, 0) is 68.0 Å². The van der Waals surface area contributed by atoms with E-state index < -0.39 is 0 Å². The van der Waals surface area contributed by atoms with E-state index in [9.17, 15) is 4.79 Å². The van der Waals surface area contributed by atoms with Gasteiger partial charge in [0, 0.05) is 18.7 Å². The molecule has 2 N–H and O–H groups in total. The summed E-state index contributed by atoms with van der Waals surface area (Å²) in [5.41, 5.74) is 6.19. The summed E-state index contributed by atoms with van der Waals surface area (Å²) in [6, 6.07) is 7.46. The predicted octanol–water partition coefficient (Wildman–Crippen LogP) is 2.63. The zero-order valence-corrected chi connectivity index (χ0v) is 14.1. The number of benzene rings is 1. The lowest BCUT2D eigenvalue weighted by atomic mass is 9.99. The fourth-order valence-corrected chi connectivity index (χ4v) is 3.51. The van der Waals surface area contributed by atoms with E-state index in [0.29, 0.717) is 19.1 Å². The van der Waals surface area contributed by atoms with Crippen molar-refractivity contribution in [3.05, 3.63) is 29.8 Å². The Balaban J connectivity index is 1.91. The van der Waals surface area contributed by atoms with Gasteiger partial charge in [-0.25, -0.2) is 0 Å². The first-order chi connectivity index (χ1) is 10.7. The van der Waals surface area contributed by atoms with Crippen LogP contribution in [0, 0.1) is 5.92 Å². The summed E-state index contributed by atoms with van der Waals surface area (Å²) in [6.45, 7) is 3.00. The normalized spacial score (nSPS) is 18.3. The van der Waals surface area contributed by atoms with E-state index in [2.05, 4.69) is 6.26 Å². The third kappa shape index (κ3) is 4.92. The van der Waals surface area contributed by atoms with Crippen LogP contribution in [0.3, 0.4) is 0 Å². The van der Waals surface area contributed by atoms with E-state index in [0.717, 1.165) is 43.0 Å². The van der Waals surface area contributed by atoms with Crippen molar-refractivity contribution in [3.8, 4) is 5.75 Å². The number of rotatable bonds is 7. The maximum absolute atomic E-state index is 12.6. The molecule has 0 unspecified atom stereocenters. The summed E-state index contributed by atoms with van der Waals surface area (Å²) in [5, 5.41) is 0. The van der Waals surface area contributed by atoms with Gasteiger partial charge < -0.3 is 15.4 Å². The molecular formula is C17H26N2O2S. The number of likely N-dealkylation sites (tertiary alicyclic amines) is 1. The maximum atomic E-state index is 12.6. The minimum Gasteiger partial charge on any atom is -0.494 e. The molecule has 1 amide bonds. The quantitative estimate of drug-likeness (QED) is 0.784. The first-order valence-corrected chi connectivity index (χ1v) is 9.35. The molecule has 1 aliphatic rings. The van der Waals surface area contributed by atoms with Crippen LogP contribution in [0.15, 0.2) is 24.3 Å². The number of hydrogen-bond acceptors (Lipinski definition) is 4. The second-order valence-electron chi connectivity index (χ2n) is 5.73. The summed E-state index contributed by atoms with van der Waals surface area (Å²) in [7, 11) is 0. The number of nitrogens with two attached hydrogens (primary N) is 1. The van der Waals surface area contributed by atoms with E-state index in [-0.39, 0.29) is 5.91 Å². The van der Waals surface area contributed by atoms with Crippen molar-refractivity contribution in [2.75, 3.05) is 38.2 Å². The van der Waals surface area contributed by atoms with Gasteiger partial charge in [0.25, 0.3) is 5.91 Å². The average molecular weight is 322 g/mol. The van der Waals surface area contributed by atoms with Gasteiger partial charge in [-0.3, -0.25) is 4.79 Å². The average Bonchev–Trinajstić information content (AvgIpc) is 2.56. The number of carbonyl (C=O) groups is 1. The van der Waals surface area contributed by atoms with Gasteiger partial charge in [-0.2, -0.15) is 11.8 Å². The lowest BCUT2D eigenvalue weighted by Gasteiger charge is -2.32. The van der Waals surface area contributed by atoms with Crippen molar-refractivity contribution in [2.45, 2.75) is 19.3 Å². The van der Waals surface area contributed by atoms with Crippen LogP contribution in [0.5, 0.6) is 5.75 Å². The highest BCUT2D eigenvalue weighted by Gasteiger charge is 2.24. The van der Waals surface area contributed by atoms with E-state index in [1.54, 1.807) is 0 Å². The minimum atomic E-state index is 0.138. The third-order valence-corrected chi connectivity index (χ3v) is 4.73. The highest BCUT2D eigenvalue weighted by atomic mass is 32.2. The molecule has 1 atom stereocenters. The Morgan fingerprint density at radius 2 is 2.18 bits per heavy atom. The molecule has 0 bridgehead atoms. The number of nitrogens with zero attached hydrogens (tertiary/aromatic N) is 1. The van der Waals surface area contributed by atoms with Crippen LogP contribution in [-0.2, 0) is 0 Å². The zero-order valence-electron chi connectivity index (χ0n) is 13.3. The summed E-state index contributed by atoms with van der Waals surface area (Å²) in [4.78, 5) is 14.6. The van der Waals surface area contributed by atoms with Gasteiger partial charge in [0.2, 0.25) is 0 Å². The molecule has 4 nitrogen and oxygen atoms in total. The number of carbonyl (C=O) groups excluding carboxylic acids is 1. The molecule has 1 aromatic rings. The van der Waals surface area contributed by atoms with Gasteiger partial charge >= 0.3 is 0 Å².